The van der Waals surface area contributed by atoms with Crippen molar-refractivity contribution in [3.63, 3.8) is 0 Å². The number of fused-ring (bicyclic) bond motifs is 1. The minimum Gasteiger partial charge on any atom is -0.507 e. The van der Waals surface area contributed by atoms with Crippen LogP contribution in [0.1, 0.15) is 0 Å². The van der Waals surface area contributed by atoms with Crippen LogP contribution >= 0.6 is 23.1 Å². The van der Waals surface area contributed by atoms with Crippen LogP contribution in [0, 0.1) is 0 Å². The summed E-state index contributed by atoms with van der Waals surface area (Å²) in [7, 11) is 0. The molecule has 1 aromatic carbocycles. The van der Waals surface area contributed by atoms with E-state index in [9.17, 15) is 5.11 Å². The van der Waals surface area contributed by atoms with Gasteiger partial charge in [0, 0.05) is 10.3 Å². The van der Waals surface area contributed by atoms with Crippen LogP contribution in [0.4, 0.5) is 5.69 Å². The predicted molar refractivity (Wildman–Crippen MR) is 59.7 cm³/mol. The van der Waals surface area contributed by atoms with Crippen molar-refractivity contribution in [2.45, 2.75) is 4.90 Å². The van der Waals surface area contributed by atoms with E-state index in [2.05, 4.69) is 0 Å². The molecule has 3 N–H and O–H groups in total. The number of aromatic hydroxyl groups is 1. The molecule has 68 valence electrons. The molecule has 1 aromatic heterocycles. The van der Waals surface area contributed by atoms with Crippen LogP contribution < -0.4 is 5.73 Å². The van der Waals surface area contributed by atoms with Gasteiger partial charge in [0.05, 0.1) is 15.8 Å². The molecule has 2 aromatic rings. The third-order valence-electron chi connectivity index (χ3n) is 1.91. The zero-order chi connectivity index (χ0) is 9.42. The van der Waals surface area contributed by atoms with Crippen molar-refractivity contribution in [3.05, 3.63) is 17.5 Å². The molecule has 0 aliphatic rings. The topological polar surface area (TPSA) is 46.2 Å². The Bertz CT molecular complexity index is 450. The zero-order valence-electron chi connectivity index (χ0n) is 7.07. The molecule has 0 spiro atoms. The molecule has 4 heteroatoms. The minimum absolute atomic E-state index is 0.270. The molecular formula is C9H9NOS2. The maximum Gasteiger partial charge on any atom is 0.126 e. The lowest BCUT2D eigenvalue weighted by Crippen LogP contribution is -1.81. The molecule has 0 atom stereocenters. The number of rotatable bonds is 1. The van der Waals surface area contributed by atoms with Crippen LogP contribution in [-0.2, 0) is 0 Å². The Kier molecular flexibility index (Phi) is 2.09. The van der Waals surface area contributed by atoms with Crippen LogP contribution in [0.2, 0.25) is 0 Å². The monoisotopic (exact) mass is 211 g/mol. The first-order valence-electron chi connectivity index (χ1n) is 3.76. The lowest BCUT2D eigenvalue weighted by Gasteiger charge is -2.00. The fourth-order valence-corrected chi connectivity index (χ4v) is 3.06. The number of nitrogens with two attached hydrogens (primary N) is 1. The van der Waals surface area contributed by atoms with Crippen LogP contribution in [0.25, 0.3) is 10.1 Å². The van der Waals surface area contributed by atoms with Gasteiger partial charge in [-0.3, -0.25) is 0 Å². The second kappa shape index (κ2) is 3.12. The standard InChI is InChI=1S/C9H9NOS2/c1-12-7-3-2-6(11)8-5(10)4-13-9(7)8/h2-4,11H,10H2,1H3. The van der Waals surface area contributed by atoms with E-state index in [0.717, 1.165) is 15.0 Å². The predicted octanol–water partition coefficient (Wildman–Crippen LogP) is 2.91. The molecule has 0 amide bonds. The first-order chi connectivity index (χ1) is 6.24. The summed E-state index contributed by atoms with van der Waals surface area (Å²) in [5, 5.41) is 12.2. The molecule has 2 rings (SSSR count). The van der Waals surface area contributed by atoms with Gasteiger partial charge in [0.15, 0.2) is 0 Å². The summed E-state index contributed by atoms with van der Waals surface area (Å²) in [6.07, 6.45) is 2.02. The van der Waals surface area contributed by atoms with Crippen molar-refractivity contribution < 1.29 is 5.11 Å². The normalized spacial score (nSPS) is 10.8. The SMILES string of the molecule is CSc1ccc(O)c2c(N)csc12. The summed E-state index contributed by atoms with van der Waals surface area (Å²) >= 11 is 3.24. The smallest absolute Gasteiger partial charge is 0.126 e. The van der Waals surface area contributed by atoms with Crippen LogP contribution in [0.5, 0.6) is 5.75 Å². The van der Waals surface area contributed by atoms with E-state index in [1.807, 2.05) is 17.7 Å². The number of thiophene rings is 1. The Balaban J connectivity index is 2.87. The molecule has 0 aliphatic carbocycles. The summed E-state index contributed by atoms with van der Waals surface area (Å²) in [4.78, 5) is 1.16. The molecule has 0 radical (unpaired) electrons. The van der Waals surface area contributed by atoms with Gasteiger partial charge in [-0.15, -0.1) is 23.1 Å². The molecule has 0 unspecified atom stereocenters. The van der Waals surface area contributed by atoms with Crippen molar-refractivity contribution in [2.75, 3.05) is 12.0 Å². The van der Waals surface area contributed by atoms with E-state index in [4.69, 9.17) is 5.73 Å². The van der Waals surface area contributed by atoms with Gasteiger partial charge in [0.1, 0.15) is 5.75 Å². The van der Waals surface area contributed by atoms with E-state index >= 15 is 0 Å². The van der Waals surface area contributed by atoms with Gasteiger partial charge in [-0.25, -0.2) is 0 Å². The first kappa shape index (κ1) is 8.72. The van der Waals surface area contributed by atoms with Gasteiger partial charge in [-0.1, -0.05) is 0 Å². The fourth-order valence-electron chi connectivity index (χ4n) is 1.29. The van der Waals surface area contributed by atoms with Gasteiger partial charge >= 0.3 is 0 Å². The van der Waals surface area contributed by atoms with Crippen molar-refractivity contribution in [1.29, 1.82) is 0 Å². The van der Waals surface area contributed by atoms with Crippen molar-refractivity contribution in [3.8, 4) is 5.75 Å². The quantitative estimate of drug-likeness (QED) is 0.713. The van der Waals surface area contributed by atoms with Crippen molar-refractivity contribution >= 4 is 38.9 Å². The summed E-state index contributed by atoms with van der Waals surface area (Å²) < 4.78 is 1.07. The molecule has 0 bridgehead atoms. The largest absolute Gasteiger partial charge is 0.507 e. The Hall–Kier alpha value is -0.870. The third-order valence-corrected chi connectivity index (χ3v) is 3.85. The number of thioether (sulfide) groups is 1. The highest BCUT2D eigenvalue weighted by atomic mass is 32.2. The molecule has 0 saturated carbocycles. The van der Waals surface area contributed by atoms with Crippen molar-refractivity contribution in [2.24, 2.45) is 0 Å². The molecule has 1 heterocycles. The number of benzene rings is 1. The van der Waals surface area contributed by atoms with Gasteiger partial charge in [0.25, 0.3) is 0 Å². The zero-order valence-corrected chi connectivity index (χ0v) is 8.71. The number of anilines is 1. The van der Waals surface area contributed by atoms with E-state index in [0.29, 0.717) is 5.69 Å². The molecule has 2 nitrogen and oxygen atoms in total. The summed E-state index contributed by atoms with van der Waals surface area (Å²) in [5.41, 5.74) is 6.40. The average Bonchev–Trinajstić information content (AvgIpc) is 2.50. The molecular weight excluding hydrogens is 202 g/mol. The molecule has 0 aliphatic heterocycles. The number of phenolic OH excluding ortho intramolecular Hbond substituents is 1. The van der Waals surface area contributed by atoms with Gasteiger partial charge < -0.3 is 10.8 Å². The molecule has 13 heavy (non-hydrogen) atoms. The second-order valence-corrected chi connectivity index (χ2v) is 4.41. The lowest BCUT2D eigenvalue weighted by atomic mass is 10.2. The van der Waals surface area contributed by atoms with Crippen LogP contribution in [0.15, 0.2) is 22.4 Å². The fraction of sp³-hybridized carbons (Fsp3) is 0.111. The number of hydrogen-bond donors (Lipinski definition) is 2. The van der Waals surface area contributed by atoms with E-state index in [-0.39, 0.29) is 5.75 Å². The summed E-state index contributed by atoms with van der Waals surface area (Å²) in [6, 6.07) is 3.61. The number of phenols is 1. The first-order valence-corrected chi connectivity index (χ1v) is 5.87. The van der Waals surface area contributed by atoms with E-state index in [1.165, 1.54) is 0 Å². The Morgan fingerprint density at radius 3 is 2.92 bits per heavy atom. The third kappa shape index (κ3) is 1.26. The van der Waals surface area contributed by atoms with E-state index in [1.54, 1.807) is 29.2 Å². The Morgan fingerprint density at radius 1 is 1.46 bits per heavy atom. The van der Waals surface area contributed by atoms with E-state index < -0.39 is 0 Å². The van der Waals surface area contributed by atoms with Crippen LogP contribution in [0.3, 0.4) is 0 Å². The second-order valence-electron chi connectivity index (χ2n) is 2.68. The number of hydrogen-bond acceptors (Lipinski definition) is 4. The number of nitrogen functional groups attached to an aromatic ring is 1. The van der Waals surface area contributed by atoms with Crippen LogP contribution in [-0.4, -0.2) is 11.4 Å². The maximum absolute atomic E-state index is 9.58. The molecule has 0 fully saturated rings. The van der Waals surface area contributed by atoms with Gasteiger partial charge in [-0.2, -0.15) is 0 Å². The molecule has 0 saturated heterocycles. The highest BCUT2D eigenvalue weighted by Crippen LogP contribution is 2.40. The summed E-state index contributed by atoms with van der Waals surface area (Å²) in [6.45, 7) is 0. The van der Waals surface area contributed by atoms with Crippen molar-refractivity contribution in [1.82, 2.24) is 0 Å². The Labute approximate surface area is 84.4 Å². The highest BCUT2D eigenvalue weighted by molar-refractivity contribution is 7.99. The minimum atomic E-state index is 0.270. The maximum atomic E-state index is 9.58. The highest BCUT2D eigenvalue weighted by Gasteiger charge is 2.09. The average molecular weight is 211 g/mol. The van der Waals surface area contributed by atoms with Gasteiger partial charge in [-0.05, 0) is 18.4 Å². The van der Waals surface area contributed by atoms with Gasteiger partial charge in [0.2, 0.25) is 0 Å². The lowest BCUT2D eigenvalue weighted by molar-refractivity contribution is 0.481. The summed E-state index contributed by atoms with van der Waals surface area (Å²) in [5.74, 6) is 0.270. The Morgan fingerprint density at radius 2 is 2.23 bits per heavy atom.